The zero-order valence-corrected chi connectivity index (χ0v) is 10.1. The number of furan rings is 1. The fourth-order valence-corrected chi connectivity index (χ4v) is 2.46. The predicted octanol–water partition coefficient (Wildman–Crippen LogP) is 2.90. The molecular weight excluding hydrogens is 206 g/mol. The number of hydrogen-bond acceptors (Lipinski definition) is 3. The molecule has 1 N–H and O–H groups in total. The molecule has 1 unspecified atom stereocenters. The van der Waals surface area contributed by atoms with Gasteiger partial charge in [0.15, 0.2) is 0 Å². The molecule has 0 saturated heterocycles. The highest BCUT2D eigenvalue weighted by atomic mass is 32.2. The second-order valence-corrected chi connectivity index (χ2v) is 5.32. The van der Waals surface area contributed by atoms with Gasteiger partial charge in [-0.3, -0.25) is 0 Å². The van der Waals surface area contributed by atoms with E-state index in [0.717, 1.165) is 29.7 Å². The molecule has 84 valence electrons. The highest BCUT2D eigenvalue weighted by Gasteiger charge is 2.26. The predicted molar refractivity (Wildman–Crippen MR) is 65.1 cm³/mol. The smallest absolute Gasteiger partial charge is 0.113 e. The van der Waals surface area contributed by atoms with Gasteiger partial charge in [0.1, 0.15) is 5.76 Å². The maximum absolute atomic E-state index is 5.27. The van der Waals surface area contributed by atoms with E-state index >= 15 is 0 Å². The quantitative estimate of drug-likeness (QED) is 0.722. The summed E-state index contributed by atoms with van der Waals surface area (Å²) in [6, 6.07) is 4.70. The molecular formula is C12H19NOS. The number of hydrogen-bond donors (Lipinski definition) is 1. The molecule has 1 aliphatic carbocycles. The van der Waals surface area contributed by atoms with Crippen LogP contribution in [0.4, 0.5) is 0 Å². The summed E-state index contributed by atoms with van der Waals surface area (Å²) in [6.45, 7) is 3.41. The van der Waals surface area contributed by atoms with Crippen LogP contribution in [0.5, 0.6) is 0 Å². The van der Waals surface area contributed by atoms with Crippen molar-refractivity contribution in [3.63, 3.8) is 0 Å². The van der Waals surface area contributed by atoms with Gasteiger partial charge in [-0.15, -0.1) is 0 Å². The van der Waals surface area contributed by atoms with Crippen molar-refractivity contribution in [1.82, 2.24) is 5.32 Å². The monoisotopic (exact) mass is 225 g/mol. The first-order valence-electron chi connectivity index (χ1n) is 5.70. The van der Waals surface area contributed by atoms with Crippen molar-refractivity contribution >= 4 is 11.8 Å². The zero-order valence-electron chi connectivity index (χ0n) is 9.24. The standard InChI is InChI=1S/C12H19NOS/c1-10(11-4-5-11)13-6-8-15-9-12-3-2-7-14-12/h2-3,7,10-11,13H,4-6,8-9H2,1H3. The first kappa shape index (κ1) is 11.1. The maximum atomic E-state index is 5.27. The van der Waals surface area contributed by atoms with Gasteiger partial charge in [-0.1, -0.05) is 0 Å². The van der Waals surface area contributed by atoms with Crippen molar-refractivity contribution in [2.75, 3.05) is 12.3 Å². The van der Waals surface area contributed by atoms with Crippen molar-refractivity contribution in [3.8, 4) is 0 Å². The van der Waals surface area contributed by atoms with E-state index in [0.29, 0.717) is 6.04 Å². The lowest BCUT2D eigenvalue weighted by Gasteiger charge is -2.11. The van der Waals surface area contributed by atoms with E-state index in [4.69, 9.17) is 4.42 Å². The summed E-state index contributed by atoms with van der Waals surface area (Å²) in [5.74, 6) is 4.19. The van der Waals surface area contributed by atoms with Gasteiger partial charge in [-0.2, -0.15) is 11.8 Å². The molecule has 1 aromatic rings. The Morgan fingerprint density at radius 3 is 3.13 bits per heavy atom. The Morgan fingerprint density at radius 2 is 2.47 bits per heavy atom. The van der Waals surface area contributed by atoms with Crippen molar-refractivity contribution in [2.45, 2.75) is 31.6 Å². The van der Waals surface area contributed by atoms with Gasteiger partial charge < -0.3 is 9.73 Å². The van der Waals surface area contributed by atoms with E-state index in [1.165, 1.54) is 12.8 Å². The van der Waals surface area contributed by atoms with E-state index in [2.05, 4.69) is 12.2 Å². The van der Waals surface area contributed by atoms with Gasteiger partial charge in [0.25, 0.3) is 0 Å². The first-order valence-corrected chi connectivity index (χ1v) is 6.85. The molecule has 1 aliphatic rings. The topological polar surface area (TPSA) is 25.2 Å². The summed E-state index contributed by atoms with van der Waals surface area (Å²) < 4.78 is 5.27. The lowest BCUT2D eigenvalue weighted by atomic mass is 10.2. The van der Waals surface area contributed by atoms with E-state index in [9.17, 15) is 0 Å². The average Bonchev–Trinajstić information content (AvgIpc) is 2.97. The second kappa shape index (κ2) is 5.61. The fraction of sp³-hybridized carbons (Fsp3) is 0.667. The van der Waals surface area contributed by atoms with Crippen LogP contribution in [0, 0.1) is 5.92 Å². The highest BCUT2D eigenvalue weighted by Crippen LogP contribution is 2.32. The Hall–Kier alpha value is -0.410. The lowest BCUT2D eigenvalue weighted by Crippen LogP contribution is -2.29. The SMILES string of the molecule is CC(NCCSCc1ccco1)C1CC1. The molecule has 1 heterocycles. The number of thioether (sulfide) groups is 1. The third-order valence-electron chi connectivity index (χ3n) is 2.87. The van der Waals surface area contributed by atoms with Crippen LogP contribution in [0.15, 0.2) is 22.8 Å². The highest BCUT2D eigenvalue weighted by molar-refractivity contribution is 7.98. The van der Waals surface area contributed by atoms with Gasteiger partial charge in [0.05, 0.1) is 12.0 Å². The molecule has 2 nitrogen and oxygen atoms in total. The summed E-state index contributed by atoms with van der Waals surface area (Å²) >= 11 is 1.93. The second-order valence-electron chi connectivity index (χ2n) is 4.21. The van der Waals surface area contributed by atoms with E-state index < -0.39 is 0 Å². The maximum Gasteiger partial charge on any atom is 0.113 e. The molecule has 1 atom stereocenters. The molecule has 15 heavy (non-hydrogen) atoms. The molecule has 1 fully saturated rings. The molecule has 0 aliphatic heterocycles. The Bertz CT molecular complexity index is 269. The van der Waals surface area contributed by atoms with E-state index in [-0.39, 0.29) is 0 Å². The zero-order chi connectivity index (χ0) is 10.5. The Balaban J connectivity index is 1.48. The minimum Gasteiger partial charge on any atom is -0.468 e. The van der Waals surface area contributed by atoms with Gasteiger partial charge in [0.2, 0.25) is 0 Å². The van der Waals surface area contributed by atoms with Crippen LogP contribution in [0.25, 0.3) is 0 Å². The molecule has 1 saturated carbocycles. The number of nitrogens with one attached hydrogen (secondary N) is 1. The van der Waals surface area contributed by atoms with Crippen LogP contribution < -0.4 is 5.32 Å². The Labute approximate surface area is 95.8 Å². The molecule has 1 aromatic heterocycles. The van der Waals surface area contributed by atoms with Crippen LogP contribution in [-0.2, 0) is 5.75 Å². The number of rotatable bonds is 7. The van der Waals surface area contributed by atoms with Crippen molar-refractivity contribution in [2.24, 2.45) is 5.92 Å². The fourth-order valence-electron chi connectivity index (χ4n) is 1.69. The Kier molecular flexibility index (Phi) is 4.15. The minimum absolute atomic E-state index is 0.717. The average molecular weight is 225 g/mol. The van der Waals surface area contributed by atoms with Crippen LogP contribution in [-0.4, -0.2) is 18.3 Å². The summed E-state index contributed by atoms with van der Waals surface area (Å²) in [5.41, 5.74) is 0. The minimum atomic E-state index is 0.717. The summed E-state index contributed by atoms with van der Waals surface area (Å²) in [6.07, 6.45) is 4.59. The van der Waals surface area contributed by atoms with Crippen molar-refractivity contribution in [1.29, 1.82) is 0 Å². The molecule has 0 aromatic carbocycles. The lowest BCUT2D eigenvalue weighted by molar-refractivity contribution is 0.514. The summed E-state index contributed by atoms with van der Waals surface area (Å²) in [4.78, 5) is 0. The third-order valence-corrected chi connectivity index (χ3v) is 3.85. The van der Waals surface area contributed by atoms with Gasteiger partial charge >= 0.3 is 0 Å². The molecule has 0 radical (unpaired) electrons. The summed E-state index contributed by atoms with van der Waals surface area (Å²) in [5, 5.41) is 3.57. The largest absolute Gasteiger partial charge is 0.468 e. The van der Waals surface area contributed by atoms with Gasteiger partial charge in [0, 0.05) is 18.3 Å². The van der Waals surface area contributed by atoms with Crippen molar-refractivity contribution in [3.05, 3.63) is 24.2 Å². The molecule has 0 amide bonds. The first-order chi connectivity index (χ1) is 7.36. The molecule has 3 heteroatoms. The van der Waals surface area contributed by atoms with Crippen LogP contribution in [0.1, 0.15) is 25.5 Å². The van der Waals surface area contributed by atoms with E-state index in [1.54, 1.807) is 6.26 Å². The van der Waals surface area contributed by atoms with Crippen molar-refractivity contribution < 1.29 is 4.42 Å². The normalized spacial score (nSPS) is 17.9. The summed E-state index contributed by atoms with van der Waals surface area (Å²) in [7, 11) is 0. The molecule has 2 rings (SSSR count). The third kappa shape index (κ3) is 3.92. The molecule has 0 bridgehead atoms. The van der Waals surface area contributed by atoms with E-state index in [1.807, 2.05) is 23.9 Å². The van der Waals surface area contributed by atoms with Crippen LogP contribution in [0.2, 0.25) is 0 Å². The van der Waals surface area contributed by atoms with Gasteiger partial charge in [-0.05, 0) is 37.8 Å². The Morgan fingerprint density at radius 1 is 1.60 bits per heavy atom. The van der Waals surface area contributed by atoms with Gasteiger partial charge in [-0.25, -0.2) is 0 Å². The van der Waals surface area contributed by atoms with Crippen LogP contribution in [0.3, 0.4) is 0 Å². The molecule has 0 spiro atoms. The van der Waals surface area contributed by atoms with Crippen LogP contribution >= 0.6 is 11.8 Å².